The van der Waals surface area contributed by atoms with Gasteiger partial charge in [-0.05, 0) is 54.3 Å². The van der Waals surface area contributed by atoms with Gasteiger partial charge in [-0.1, -0.05) is 26.3 Å². The number of carbonyl (C=O) groups excluding carboxylic acids is 2. The van der Waals surface area contributed by atoms with E-state index in [9.17, 15) is 9.59 Å². The van der Waals surface area contributed by atoms with Crippen molar-refractivity contribution in [2.24, 2.45) is 11.7 Å². The number of nitrogens with one attached hydrogen (secondary N) is 1. The second kappa shape index (κ2) is 12.1. The molecule has 2 unspecified atom stereocenters. The van der Waals surface area contributed by atoms with Crippen molar-refractivity contribution in [2.45, 2.75) is 33.2 Å². The molecule has 0 aliphatic carbocycles. The van der Waals surface area contributed by atoms with E-state index in [1.807, 2.05) is 13.8 Å². The maximum Gasteiger partial charge on any atom is 0.241 e. The van der Waals surface area contributed by atoms with E-state index < -0.39 is 6.04 Å². The van der Waals surface area contributed by atoms with Crippen molar-refractivity contribution < 1.29 is 28.5 Å². The van der Waals surface area contributed by atoms with Crippen LogP contribution in [-0.2, 0) is 4.79 Å². The van der Waals surface area contributed by atoms with E-state index >= 15 is 0 Å². The van der Waals surface area contributed by atoms with Crippen LogP contribution in [0.25, 0.3) is 6.08 Å². The van der Waals surface area contributed by atoms with Crippen LogP contribution < -0.4 is 30.0 Å². The first kappa shape index (κ1) is 26.7. The Morgan fingerprint density at radius 3 is 2.06 bits per heavy atom. The Balaban J connectivity index is 2.37. The van der Waals surface area contributed by atoms with E-state index in [2.05, 4.69) is 5.32 Å². The van der Waals surface area contributed by atoms with Gasteiger partial charge in [0, 0.05) is 5.56 Å². The number of carbonyl (C=O) groups is 2. The molecule has 2 atom stereocenters. The number of amides is 1. The van der Waals surface area contributed by atoms with Crippen LogP contribution in [0.2, 0.25) is 0 Å². The molecule has 0 spiro atoms. The third-order valence-electron chi connectivity index (χ3n) is 5.71. The van der Waals surface area contributed by atoms with E-state index in [0.717, 1.165) is 6.42 Å². The summed E-state index contributed by atoms with van der Waals surface area (Å²) in [5.74, 6) is 1.23. The molecule has 8 heteroatoms. The summed E-state index contributed by atoms with van der Waals surface area (Å²) in [6, 6.07) is 7.85. The summed E-state index contributed by atoms with van der Waals surface area (Å²) in [6.45, 7) is 5.63. The lowest BCUT2D eigenvalue weighted by molar-refractivity contribution is -0.118. The number of hydrogen-bond acceptors (Lipinski definition) is 7. The fraction of sp³-hybridized carbons (Fsp3) is 0.385. The molecule has 0 saturated heterocycles. The average molecular weight is 471 g/mol. The van der Waals surface area contributed by atoms with Crippen LogP contribution in [0.1, 0.15) is 43.1 Å². The van der Waals surface area contributed by atoms with Crippen LogP contribution in [0.4, 0.5) is 5.69 Å². The molecule has 0 heterocycles. The molecule has 184 valence electrons. The van der Waals surface area contributed by atoms with Crippen LogP contribution in [0, 0.1) is 5.92 Å². The Hall–Kier alpha value is -3.52. The molecular formula is C26H34N2O6. The van der Waals surface area contributed by atoms with E-state index in [-0.39, 0.29) is 17.6 Å². The summed E-state index contributed by atoms with van der Waals surface area (Å²) in [6.07, 6.45) is 2.52. The Morgan fingerprint density at radius 2 is 1.56 bits per heavy atom. The second-order valence-corrected chi connectivity index (χ2v) is 7.93. The number of nitrogens with two attached hydrogens (primary N) is 1. The maximum absolute atomic E-state index is 13.1. The van der Waals surface area contributed by atoms with Crippen molar-refractivity contribution in [1.82, 2.24) is 0 Å². The minimum atomic E-state index is -0.641. The number of ether oxygens (including phenoxy) is 4. The fourth-order valence-electron chi connectivity index (χ4n) is 3.40. The predicted molar refractivity (Wildman–Crippen MR) is 133 cm³/mol. The largest absolute Gasteiger partial charge is 0.495 e. The van der Waals surface area contributed by atoms with Crippen molar-refractivity contribution in [3.05, 3.63) is 47.0 Å². The number of ketones is 1. The topological polar surface area (TPSA) is 109 Å². The first-order chi connectivity index (χ1) is 16.2. The zero-order chi connectivity index (χ0) is 25.4. The lowest BCUT2D eigenvalue weighted by atomic mass is 9.99. The Bertz CT molecular complexity index is 1040. The molecule has 34 heavy (non-hydrogen) atoms. The van der Waals surface area contributed by atoms with Gasteiger partial charge in [0.25, 0.3) is 0 Å². The average Bonchev–Trinajstić information content (AvgIpc) is 2.86. The molecule has 8 nitrogen and oxygen atoms in total. The summed E-state index contributed by atoms with van der Waals surface area (Å²) in [4.78, 5) is 25.7. The molecule has 3 N–H and O–H groups in total. The summed E-state index contributed by atoms with van der Waals surface area (Å²) in [5, 5.41) is 2.84. The Morgan fingerprint density at radius 1 is 0.971 bits per heavy atom. The van der Waals surface area contributed by atoms with Gasteiger partial charge in [-0.25, -0.2) is 0 Å². The molecule has 0 aliphatic rings. The van der Waals surface area contributed by atoms with Gasteiger partial charge in [-0.15, -0.1) is 0 Å². The standard InChI is InChI=1S/C26H34N2O6/c1-8-15(2)23(27)26(30)28-19-12-17(9-10-20(19)31-4)11-16(3)24(29)18-13-21(32-5)25(34-7)22(14-18)33-6/h9-15,23H,8,27H2,1-7H3,(H,28,30). The third-order valence-corrected chi connectivity index (χ3v) is 5.71. The maximum atomic E-state index is 13.1. The summed E-state index contributed by atoms with van der Waals surface area (Å²) in [5.41, 5.74) is 8.13. The number of rotatable bonds is 11. The van der Waals surface area contributed by atoms with Crippen LogP contribution in [0.15, 0.2) is 35.9 Å². The van der Waals surface area contributed by atoms with Crippen LogP contribution >= 0.6 is 0 Å². The highest BCUT2D eigenvalue weighted by Crippen LogP contribution is 2.38. The molecule has 0 saturated carbocycles. The quantitative estimate of drug-likeness (QED) is 0.372. The molecule has 1 amide bonds. The number of methoxy groups -OCH3 is 4. The van der Waals surface area contributed by atoms with Gasteiger partial charge in [0.2, 0.25) is 11.7 Å². The molecular weight excluding hydrogens is 436 g/mol. The van der Waals surface area contributed by atoms with Crippen LogP contribution in [0.3, 0.4) is 0 Å². The highest BCUT2D eigenvalue weighted by atomic mass is 16.5. The van der Waals surface area contributed by atoms with Crippen molar-refractivity contribution in [1.29, 1.82) is 0 Å². The van der Waals surface area contributed by atoms with Crippen LogP contribution in [-0.4, -0.2) is 46.2 Å². The lowest BCUT2D eigenvalue weighted by Crippen LogP contribution is -2.40. The number of allylic oxidation sites excluding steroid dienone is 1. The number of benzene rings is 2. The first-order valence-corrected chi connectivity index (χ1v) is 11.0. The molecule has 0 radical (unpaired) electrons. The normalized spacial score (nSPS) is 13.0. The number of Topliss-reactive ketones (excluding diaryl/α,β-unsaturated/α-hetero) is 1. The molecule has 0 aliphatic heterocycles. The molecule has 2 rings (SSSR count). The summed E-state index contributed by atoms with van der Waals surface area (Å²) >= 11 is 0. The van der Waals surface area contributed by atoms with Gasteiger partial charge in [0.15, 0.2) is 17.3 Å². The zero-order valence-electron chi connectivity index (χ0n) is 20.9. The zero-order valence-corrected chi connectivity index (χ0v) is 20.9. The second-order valence-electron chi connectivity index (χ2n) is 7.93. The van der Waals surface area contributed by atoms with Crippen molar-refractivity contribution in [3.63, 3.8) is 0 Å². The van der Waals surface area contributed by atoms with Gasteiger partial charge in [0.05, 0.1) is 40.2 Å². The SMILES string of the molecule is CCC(C)C(N)C(=O)Nc1cc(C=C(C)C(=O)c2cc(OC)c(OC)c(OC)c2)ccc1OC. The number of anilines is 1. The van der Waals surface area contributed by atoms with Gasteiger partial charge in [0.1, 0.15) is 5.75 Å². The summed E-state index contributed by atoms with van der Waals surface area (Å²) in [7, 11) is 6.01. The predicted octanol–water partition coefficient (Wildman–Crippen LogP) is 4.32. The van der Waals surface area contributed by atoms with E-state index in [1.165, 1.54) is 28.4 Å². The van der Waals surface area contributed by atoms with Gasteiger partial charge >= 0.3 is 0 Å². The molecule has 0 bridgehead atoms. The number of hydrogen-bond donors (Lipinski definition) is 2. The van der Waals surface area contributed by atoms with Gasteiger partial charge < -0.3 is 30.0 Å². The molecule has 0 aromatic heterocycles. The van der Waals surface area contributed by atoms with Crippen molar-refractivity contribution in [2.75, 3.05) is 33.8 Å². The Labute approximate surface area is 201 Å². The monoisotopic (exact) mass is 470 g/mol. The Kier molecular flexibility index (Phi) is 9.50. The van der Waals surface area contributed by atoms with Gasteiger partial charge in [-0.2, -0.15) is 0 Å². The highest BCUT2D eigenvalue weighted by Gasteiger charge is 2.21. The van der Waals surface area contributed by atoms with E-state index in [4.69, 9.17) is 24.7 Å². The smallest absolute Gasteiger partial charge is 0.241 e. The van der Waals surface area contributed by atoms with Gasteiger partial charge in [-0.3, -0.25) is 9.59 Å². The van der Waals surface area contributed by atoms with Crippen LogP contribution in [0.5, 0.6) is 23.0 Å². The van der Waals surface area contributed by atoms with E-state index in [1.54, 1.807) is 43.3 Å². The van der Waals surface area contributed by atoms with Crippen molar-refractivity contribution >= 4 is 23.5 Å². The minimum Gasteiger partial charge on any atom is -0.495 e. The molecule has 2 aromatic rings. The lowest BCUT2D eigenvalue weighted by Gasteiger charge is -2.19. The summed E-state index contributed by atoms with van der Waals surface area (Å²) < 4.78 is 21.4. The van der Waals surface area contributed by atoms with Crippen molar-refractivity contribution in [3.8, 4) is 23.0 Å². The fourth-order valence-corrected chi connectivity index (χ4v) is 3.40. The highest BCUT2D eigenvalue weighted by molar-refractivity contribution is 6.11. The molecule has 0 fully saturated rings. The first-order valence-electron chi connectivity index (χ1n) is 11.0. The van der Waals surface area contributed by atoms with E-state index in [0.29, 0.717) is 45.4 Å². The third kappa shape index (κ3) is 6.08. The molecule has 2 aromatic carbocycles. The minimum absolute atomic E-state index is 0.0346.